The summed E-state index contributed by atoms with van der Waals surface area (Å²) in [6.45, 7) is 9.18. The van der Waals surface area contributed by atoms with Crippen LogP contribution in [0.3, 0.4) is 0 Å². The predicted octanol–water partition coefficient (Wildman–Crippen LogP) is 5.79. The Morgan fingerprint density at radius 3 is 2.59 bits per heavy atom. The molecule has 4 heterocycles. The molecule has 37 heavy (non-hydrogen) atoms. The molecule has 0 radical (unpaired) electrons. The molecule has 1 unspecified atom stereocenters. The monoisotopic (exact) mass is 498 g/mol. The second kappa shape index (κ2) is 10.1. The highest BCUT2D eigenvalue weighted by molar-refractivity contribution is 5.73. The van der Waals surface area contributed by atoms with Gasteiger partial charge in [0.15, 0.2) is 0 Å². The average molecular weight is 499 g/mol. The van der Waals surface area contributed by atoms with E-state index in [4.69, 9.17) is 14.8 Å². The molecular formula is C31H38N4O2. The molecular weight excluding hydrogens is 460 g/mol. The summed E-state index contributed by atoms with van der Waals surface area (Å²) in [6, 6.07) is 11.5. The van der Waals surface area contributed by atoms with Gasteiger partial charge in [0.2, 0.25) is 5.91 Å². The van der Waals surface area contributed by atoms with Gasteiger partial charge in [-0.05, 0) is 60.8 Å². The normalized spacial score (nSPS) is 20.1. The maximum absolute atomic E-state index is 12.3. The number of ether oxygens (including phenoxy) is 1. The number of pyridine rings is 1. The molecule has 1 saturated heterocycles. The zero-order valence-electron chi connectivity index (χ0n) is 22.4. The highest BCUT2D eigenvalue weighted by Crippen LogP contribution is 2.41. The molecule has 0 saturated carbocycles. The molecule has 1 atom stereocenters. The lowest BCUT2D eigenvalue weighted by molar-refractivity contribution is -0.129. The van der Waals surface area contributed by atoms with Crippen LogP contribution < -0.4 is 0 Å². The van der Waals surface area contributed by atoms with E-state index in [1.54, 1.807) is 6.92 Å². The standard InChI is InChI=1S/C31H38N4O2/c1-20(2)22-7-9-23(10-8-22)29-17-24-5-4-6-26(27(24)18-32-29)31-28-19-34(21(3)36)14-11-30(28)35(33-31)25-12-15-37-16-13-25/h7-10,17-18,20,25-26H,4-6,11-16,19H2,1-3H3. The molecule has 1 amide bonds. The molecule has 3 aromatic rings. The van der Waals surface area contributed by atoms with Gasteiger partial charge in [-0.25, -0.2) is 0 Å². The van der Waals surface area contributed by atoms with E-state index in [0.717, 1.165) is 64.0 Å². The third kappa shape index (κ3) is 4.61. The molecule has 1 aromatic carbocycles. The average Bonchev–Trinajstić information content (AvgIpc) is 3.31. The molecule has 0 N–H and O–H groups in total. The van der Waals surface area contributed by atoms with Crippen molar-refractivity contribution >= 4 is 5.91 Å². The van der Waals surface area contributed by atoms with Crippen molar-refractivity contribution in [2.75, 3.05) is 19.8 Å². The number of carbonyl (C=O) groups excluding carboxylic acids is 1. The van der Waals surface area contributed by atoms with Crippen LogP contribution in [0.25, 0.3) is 11.3 Å². The molecule has 2 aromatic heterocycles. The van der Waals surface area contributed by atoms with Gasteiger partial charge in [0.25, 0.3) is 0 Å². The van der Waals surface area contributed by atoms with Crippen LogP contribution in [-0.4, -0.2) is 45.3 Å². The van der Waals surface area contributed by atoms with Crippen LogP contribution in [0.15, 0.2) is 36.5 Å². The van der Waals surface area contributed by atoms with Crippen molar-refractivity contribution in [2.24, 2.45) is 0 Å². The van der Waals surface area contributed by atoms with Crippen molar-refractivity contribution in [3.63, 3.8) is 0 Å². The Kier molecular flexibility index (Phi) is 6.62. The van der Waals surface area contributed by atoms with Crippen molar-refractivity contribution < 1.29 is 9.53 Å². The summed E-state index contributed by atoms with van der Waals surface area (Å²) >= 11 is 0. The van der Waals surface area contributed by atoms with E-state index >= 15 is 0 Å². The number of amides is 1. The molecule has 194 valence electrons. The molecule has 1 fully saturated rings. The maximum atomic E-state index is 12.3. The Morgan fingerprint density at radius 1 is 1.08 bits per heavy atom. The smallest absolute Gasteiger partial charge is 0.219 e. The first-order chi connectivity index (χ1) is 18.0. The van der Waals surface area contributed by atoms with Crippen LogP contribution in [0.5, 0.6) is 0 Å². The van der Waals surface area contributed by atoms with E-state index in [2.05, 4.69) is 55.1 Å². The first-order valence-corrected chi connectivity index (χ1v) is 14.0. The quantitative estimate of drug-likeness (QED) is 0.457. The van der Waals surface area contributed by atoms with E-state index in [1.807, 2.05) is 4.90 Å². The molecule has 6 nitrogen and oxygen atoms in total. The van der Waals surface area contributed by atoms with Crippen LogP contribution in [0.4, 0.5) is 0 Å². The number of hydrogen-bond acceptors (Lipinski definition) is 4. The number of hydrogen-bond donors (Lipinski definition) is 0. The second-order valence-electron chi connectivity index (χ2n) is 11.3. The molecule has 3 aliphatic rings. The van der Waals surface area contributed by atoms with E-state index in [9.17, 15) is 4.79 Å². The molecule has 0 bridgehead atoms. The summed E-state index contributed by atoms with van der Waals surface area (Å²) < 4.78 is 7.96. The van der Waals surface area contributed by atoms with Crippen LogP contribution in [0.2, 0.25) is 0 Å². The Hall–Kier alpha value is -2.99. The first-order valence-electron chi connectivity index (χ1n) is 14.0. The zero-order chi connectivity index (χ0) is 25.5. The van der Waals surface area contributed by atoms with Crippen molar-refractivity contribution in [3.05, 3.63) is 70.2 Å². The van der Waals surface area contributed by atoms with Crippen molar-refractivity contribution in [3.8, 4) is 11.3 Å². The summed E-state index contributed by atoms with van der Waals surface area (Å²) in [5, 5.41) is 5.33. The van der Waals surface area contributed by atoms with Gasteiger partial charge in [-0.2, -0.15) is 5.10 Å². The summed E-state index contributed by atoms with van der Waals surface area (Å²) in [6.07, 6.45) is 8.29. The lowest BCUT2D eigenvalue weighted by Crippen LogP contribution is -2.35. The largest absolute Gasteiger partial charge is 0.381 e. The number of carbonyl (C=O) groups is 1. The maximum Gasteiger partial charge on any atom is 0.219 e. The van der Waals surface area contributed by atoms with Crippen molar-refractivity contribution in [2.45, 2.75) is 83.7 Å². The van der Waals surface area contributed by atoms with Gasteiger partial charge in [0.05, 0.1) is 17.4 Å². The fraction of sp³-hybridized carbons (Fsp3) is 0.516. The fourth-order valence-corrected chi connectivity index (χ4v) is 6.42. The van der Waals surface area contributed by atoms with E-state index in [-0.39, 0.29) is 11.8 Å². The Labute approximate surface area is 220 Å². The van der Waals surface area contributed by atoms with Gasteiger partial charge in [-0.1, -0.05) is 38.1 Å². The molecule has 2 aliphatic heterocycles. The van der Waals surface area contributed by atoms with E-state index in [0.29, 0.717) is 18.5 Å². The van der Waals surface area contributed by atoms with Crippen LogP contribution in [0.1, 0.15) is 98.0 Å². The summed E-state index contributed by atoms with van der Waals surface area (Å²) in [7, 11) is 0. The van der Waals surface area contributed by atoms with E-state index in [1.165, 1.54) is 39.2 Å². The van der Waals surface area contributed by atoms with E-state index < -0.39 is 0 Å². The Balaban J connectivity index is 1.37. The minimum Gasteiger partial charge on any atom is -0.381 e. The Morgan fingerprint density at radius 2 is 1.86 bits per heavy atom. The van der Waals surface area contributed by atoms with Crippen molar-refractivity contribution in [1.82, 2.24) is 19.7 Å². The minimum absolute atomic E-state index is 0.147. The molecule has 0 spiro atoms. The summed E-state index contributed by atoms with van der Waals surface area (Å²) in [5.41, 5.74) is 10.1. The van der Waals surface area contributed by atoms with Crippen molar-refractivity contribution in [1.29, 1.82) is 0 Å². The highest BCUT2D eigenvalue weighted by Gasteiger charge is 2.34. The Bertz CT molecular complexity index is 1290. The number of fused-ring (bicyclic) bond motifs is 2. The first kappa shape index (κ1) is 24.4. The van der Waals surface area contributed by atoms with Gasteiger partial charge in [-0.15, -0.1) is 0 Å². The third-order valence-corrected chi connectivity index (χ3v) is 8.64. The van der Waals surface area contributed by atoms with Gasteiger partial charge >= 0.3 is 0 Å². The van der Waals surface area contributed by atoms with Gasteiger partial charge in [0, 0.05) is 68.6 Å². The SMILES string of the molecule is CC(=O)N1CCc2c(c(C3CCCc4cc(-c5ccc(C(C)C)cc5)ncc43)nn2C2CCOCC2)C1. The lowest BCUT2D eigenvalue weighted by atomic mass is 9.80. The number of nitrogens with zero attached hydrogens (tertiary/aromatic N) is 4. The number of aryl methyl sites for hydroxylation is 1. The molecule has 1 aliphatic carbocycles. The number of benzene rings is 1. The minimum atomic E-state index is 0.147. The third-order valence-electron chi connectivity index (χ3n) is 8.64. The highest BCUT2D eigenvalue weighted by atomic mass is 16.5. The second-order valence-corrected chi connectivity index (χ2v) is 11.3. The summed E-state index contributed by atoms with van der Waals surface area (Å²) in [4.78, 5) is 19.2. The predicted molar refractivity (Wildman–Crippen MR) is 145 cm³/mol. The summed E-state index contributed by atoms with van der Waals surface area (Å²) in [5.74, 6) is 0.904. The lowest BCUT2D eigenvalue weighted by Gasteiger charge is -2.30. The topological polar surface area (TPSA) is 60.2 Å². The van der Waals surface area contributed by atoms with Gasteiger partial charge < -0.3 is 9.64 Å². The molecule has 6 rings (SSSR count). The van der Waals surface area contributed by atoms with Crippen LogP contribution >= 0.6 is 0 Å². The van der Waals surface area contributed by atoms with Crippen LogP contribution in [0, 0.1) is 0 Å². The number of rotatable bonds is 4. The number of aromatic nitrogens is 3. The zero-order valence-corrected chi connectivity index (χ0v) is 22.4. The molecule has 6 heteroatoms. The van der Waals surface area contributed by atoms with Gasteiger partial charge in [0.1, 0.15) is 0 Å². The van der Waals surface area contributed by atoms with Crippen LogP contribution in [-0.2, 0) is 28.9 Å². The fourth-order valence-electron chi connectivity index (χ4n) is 6.42. The van der Waals surface area contributed by atoms with Gasteiger partial charge in [-0.3, -0.25) is 14.5 Å².